The second-order valence-electron chi connectivity index (χ2n) is 12.2. The minimum atomic E-state index is -0.425. The van der Waals surface area contributed by atoms with Gasteiger partial charge in [-0.15, -0.1) is 0 Å². The third kappa shape index (κ3) is 4.11. The second kappa shape index (κ2) is 10.5. The summed E-state index contributed by atoms with van der Waals surface area (Å²) in [7, 11) is 0. The van der Waals surface area contributed by atoms with Crippen molar-refractivity contribution in [1.29, 1.82) is 0 Å². The lowest BCUT2D eigenvalue weighted by Crippen LogP contribution is -2.41. The highest BCUT2D eigenvalue weighted by Crippen LogP contribution is 2.38. The molecule has 1 atom stereocenters. The minimum absolute atomic E-state index is 0.425. The maximum Gasteiger partial charge on any atom is 0.227 e. The van der Waals surface area contributed by atoms with E-state index in [-0.39, 0.29) is 0 Å². The zero-order chi connectivity index (χ0) is 31.6. The zero-order valence-corrected chi connectivity index (χ0v) is 25.8. The predicted molar refractivity (Wildman–Crippen MR) is 194 cm³/mol. The lowest BCUT2D eigenvalue weighted by atomic mass is 9.97. The van der Waals surface area contributed by atoms with Gasteiger partial charge in [-0.25, -0.2) is 9.98 Å². The largest absolute Gasteiger partial charge is 0.434 e. The third-order valence-corrected chi connectivity index (χ3v) is 9.47. The molecule has 0 spiro atoms. The van der Waals surface area contributed by atoms with Gasteiger partial charge in [0.15, 0.2) is 5.58 Å². The smallest absolute Gasteiger partial charge is 0.227 e. The molecule has 1 aliphatic heterocycles. The Balaban J connectivity index is 1.15. The Kier molecular flexibility index (Phi) is 5.87. The average Bonchev–Trinajstić information content (AvgIpc) is 3.74. The SMILES string of the molecule is c1ccc(-c2nc3ccc4c5ccccc5n(C5N=c6ccccc6=C(c6ccc(-c7cccc8ccccc78)cc6)N5)c4c3o2)cc1. The van der Waals surface area contributed by atoms with Gasteiger partial charge < -0.3 is 9.73 Å². The number of hydrogen-bond acceptors (Lipinski definition) is 4. The Morgan fingerprint density at radius 1 is 0.562 bits per heavy atom. The Bertz CT molecular complexity index is 2810. The number of aromatic nitrogens is 2. The van der Waals surface area contributed by atoms with Crippen LogP contribution in [-0.2, 0) is 0 Å². The van der Waals surface area contributed by atoms with Crippen molar-refractivity contribution in [2.75, 3.05) is 0 Å². The van der Waals surface area contributed by atoms with Gasteiger partial charge in [0.2, 0.25) is 12.2 Å². The summed E-state index contributed by atoms with van der Waals surface area (Å²) in [5.41, 5.74) is 9.10. The van der Waals surface area contributed by atoms with Crippen LogP contribution in [0.25, 0.3) is 72.0 Å². The van der Waals surface area contributed by atoms with Crippen LogP contribution in [0.15, 0.2) is 167 Å². The monoisotopic (exact) mass is 616 g/mol. The van der Waals surface area contributed by atoms with Crippen molar-refractivity contribution in [3.63, 3.8) is 0 Å². The highest BCUT2D eigenvalue weighted by molar-refractivity contribution is 6.16. The van der Waals surface area contributed by atoms with Crippen LogP contribution >= 0.6 is 0 Å². The van der Waals surface area contributed by atoms with E-state index in [2.05, 4.69) is 137 Å². The van der Waals surface area contributed by atoms with Crippen LogP contribution in [0.1, 0.15) is 11.9 Å². The molecule has 7 aromatic carbocycles. The van der Waals surface area contributed by atoms with Gasteiger partial charge in [0, 0.05) is 21.6 Å². The molecule has 10 rings (SSSR count). The number of benzene rings is 7. The first kappa shape index (κ1) is 26.7. The third-order valence-electron chi connectivity index (χ3n) is 9.47. The normalized spacial score (nSPS) is 14.3. The summed E-state index contributed by atoms with van der Waals surface area (Å²) in [6.07, 6.45) is -0.425. The van der Waals surface area contributed by atoms with Gasteiger partial charge in [0.1, 0.15) is 5.52 Å². The highest BCUT2D eigenvalue weighted by Gasteiger charge is 2.25. The number of para-hydroxylation sites is 2. The summed E-state index contributed by atoms with van der Waals surface area (Å²) in [5.74, 6) is 0.604. The molecule has 0 saturated heterocycles. The Hall–Kier alpha value is -6.46. The standard InChI is InChI=1S/C43H28N4O/c1-2-12-30(13-3-1)42-44-37-26-25-34-33-16-7-9-20-38(33)47(40(34)41(37)48-42)43-45-36-19-8-6-17-35(36)39(46-43)29-23-21-28(22-24-29)32-18-10-14-27-11-4-5-15-31(27)32/h1-26,43,46H. The van der Waals surface area contributed by atoms with Gasteiger partial charge in [0.05, 0.1) is 22.1 Å². The van der Waals surface area contributed by atoms with Crippen molar-refractivity contribution < 1.29 is 4.42 Å². The molecule has 2 aromatic heterocycles. The van der Waals surface area contributed by atoms with Crippen LogP contribution in [0.4, 0.5) is 0 Å². The molecular formula is C43H28N4O. The quantitative estimate of drug-likeness (QED) is 0.215. The van der Waals surface area contributed by atoms with Crippen LogP contribution in [0.5, 0.6) is 0 Å². The van der Waals surface area contributed by atoms with E-state index >= 15 is 0 Å². The zero-order valence-electron chi connectivity index (χ0n) is 25.8. The number of nitrogens with zero attached hydrogens (tertiary/aromatic N) is 3. The van der Waals surface area contributed by atoms with Crippen LogP contribution in [-0.4, -0.2) is 9.55 Å². The molecule has 3 heterocycles. The van der Waals surface area contributed by atoms with Crippen molar-refractivity contribution >= 4 is 49.4 Å². The van der Waals surface area contributed by atoms with Gasteiger partial charge >= 0.3 is 0 Å². The van der Waals surface area contributed by atoms with Crippen LogP contribution in [0.2, 0.25) is 0 Å². The molecule has 5 nitrogen and oxygen atoms in total. The Morgan fingerprint density at radius 2 is 1.29 bits per heavy atom. The molecule has 48 heavy (non-hydrogen) atoms. The van der Waals surface area contributed by atoms with E-state index in [0.29, 0.717) is 5.89 Å². The molecule has 0 saturated carbocycles. The number of fused-ring (bicyclic) bond motifs is 7. The lowest BCUT2D eigenvalue weighted by Gasteiger charge is -2.25. The fourth-order valence-corrected chi connectivity index (χ4v) is 7.25. The van der Waals surface area contributed by atoms with E-state index in [1.165, 1.54) is 21.9 Å². The number of hydrogen-bond donors (Lipinski definition) is 1. The van der Waals surface area contributed by atoms with Gasteiger partial charge in [-0.05, 0) is 63.9 Å². The van der Waals surface area contributed by atoms with E-state index in [4.69, 9.17) is 14.4 Å². The average molecular weight is 617 g/mol. The molecule has 5 heteroatoms. The van der Waals surface area contributed by atoms with Crippen molar-refractivity contribution in [2.45, 2.75) is 6.29 Å². The molecule has 0 bridgehead atoms. The first-order valence-electron chi connectivity index (χ1n) is 16.2. The van der Waals surface area contributed by atoms with E-state index in [1.807, 2.05) is 30.3 Å². The van der Waals surface area contributed by atoms with Gasteiger partial charge in [0.25, 0.3) is 0 Å². The van der Waals surface area contributed by atoms with Crippen molar-refractivity contribution in [3.05, 3.63) is 174 Å². The lowest BCUT2D eigenvalue weighted by molar-refractivity contribution is 0.488. The predicted octanol–water partition coefficient (Wildman–Crippen LogP) is 8.96. The summed E-state index contributed by atoms with van der Waals surface area (Å²) in [6, 6.07) is 55.0. The molecule has 0 radical (unpaired) electrons. The van der Waals surface area contributed by atoms with Crippen LogP contribution in [0, 0.1) is 0 Å². The van der Waals surface area contributed by atoms with Crippen molar-refractivity contribution in [2.24, 2.45) is 4.99 Å². The summed E-state index contributed by atoms with van der Waals surface area (Å²) in [4.78, 5) is 10.2. The summed E-state index contributed by atoms with van der Waals surface area (Å²) in [6.45, 7) is 0. The van der Waals surface area contributed by atoms with E-state index < -0.39 is 6.29 Å². The summed E-state index contributed by atoms with van der Waals surface area (Å²) >= 11 is 0. The van der Waals surface area contributed by atoms with Crippen LogP contribution < -0.4 is 15.9 Å². The number of nitrogens with one attached hydrogen (secondary N) is 1. The van der Waals surface area contributed by atoms with E-state index in [9.17, 15) is 0 Å². The van der Waals surface area contributed by atoms with Gasteiger partial charge in [-0.1, -0.05) is 121 Å². The summed E-state index contributed by atoms with van der Waals surface area (Å²) in [5, 5.41) is 10.6. The van der Waals surface area contributed by atoms with Crippen molar-refractivity contribution in [3.8, 4) is 22.6 Å². The van der Waals surface area contributed by atoms with Crippen molar-refractivity contribution in [1.82, 2.24) is 14.9 Å². The molecule has 1 N–H and O–H groups in total. The first-order valence-corrected chi connectivity index (χ1v) is 16.2. The Labute approximate surface area is 275 Å². The highest BCUT2D eigenvalue weighted by atomic mass is 16.3. The topological polar surface area (TPSA) is 55.4 Å². The second-order valence-corrected chi connectivity index (χ2v) is 12.2. The fraction of sp³-hybridized carbons (Fsp3) is 0.0233. The maximum atomic E-state index is 6.59. The first-order chi connectivity index (χ1) is 23.8. The number of rotatable bonds is 4. The maximum absolute atomic E-state index is 6.59. The molecule has 9 aromatic rings. The summed E-state index contributed by atoms with van der Waals surface area (Å²) < 4.78 is 8.86. The molecule has 1 aliphatic rings. The van der Waals surface area contributed by atoms with E-state index in [0.717, 1.165) is 60.3 Å². The number of oxazole rings is 1. The molecule has 1 unspecified atom stereocenters. The molecule has 0 amide bonds. The molecule has 226 valence electrons. The van der Waals surface area contributed by atoms with Gasteiger partial charge in [-0.2, -0.15) is 0 Å². The van der Waals surface area contributed by atoms with Gasteiger partial charge in [-0.3, -0.25) is 4.57 Å². The van der Waals surface area contributed by atoms with E-state index in [1.54, 1.807) is 0 Å². The minimum Gasteiger partial charge on any atom is -0.434 e. The van der Waals surface area contributed by atoms with Crippen LogP contribution in [0.3, 0.4) is 0 Å². The fourth-order valence-electron chi connectivity index (χ4n) is 7.25. The molecule has 0 fully saturated rings. The Morgan fingerprint density at radius 3 is 2.19 bits per heavy atom. The molecule has 0 aliphatic carbocycles. The molecular weight excluding hydrogens is 589 g/mol.